The van der Waals surface area contributed by atoms with Gasteiger partial charge in [-0.3, -0.25) is 30.6 Å². The van der Waals surface area contributed by atoms with Crippen LogP contribution in [-0.4, -0.2) is 21.6 Å². The molecular formula is C12H12BrN3O4. The number of hydrazine groups is 1. The molecule has 0 saturated heterocycles. The molecule has 1 saturated carbocycles. The number of halogens is 1. The van der Waals surface area contributed by atoms with Gasteiger partial charge in [-0.2, -0.15) is 0 Å². The van der Waals surface area contributed by atoms with Crippen LogP contribution in [0.15, 0.2) is 24.3 Å². The van der Waals surface area contributed by atoms with Crippen molar-refractivity contribution >= 4 is 33.4 Å². The Kier molecular flexibility index (Phi) is 3.76. The number of carbonyl (C=O) groups is 2. The number of nitrogens with one attached hydrogen (secondary N) is 2. The fraction of sp³-hybridized carbons (Fsp3) is 0.333. The Morgan fingerprint density at radius 2 is 2.10 bits per heavy atom. The first-order chi connectivity index (χ1) is 9.34. The molecule has 0 spiro atoms. The minimum absolute atomic E-state index is 0.102. The Hall–Kier alpha value is -1.96. The molecule has 0 aliphatic heterocycles. The molecule has 0 bridgehead atoms. The van der Waals surface area contributed by atoms with Gasteiger partial charge in [0.05, 0.1) is 10.3 Å². The van der Waals surface area contributed by atoms with E-state index in [0.717, 1.165) is 6.07 Å². The fourth-order valence-electron chi connectivity index (χ4n) is 1.64. The molecule has 2 amide bonds. The minimum Gasteiger partial charge on any atom is -0.273 e. The van der Waals surface area contributed by atoms with Gasteiger partial charge >= 0.3 is 0 Å². The summed E-state index contributed by atoms with van der Waals surface area (Å²) >= 11 is 3.33. The number of benzene rings is 1. The number of non-ortho nitro benzene ring substituents is 1. The van der Waals surface area contributed by atoms with Crippen LogP contribution in [0, 0.1) is 15.5 Å². The number of nitrogens with zero attached hydrogens (tertiary/aromatic N) is 1. The smallest absolute Gasteiger partial charge is 0.270 e. The lowest BCUT2D eigenvalue weighted by molar-refractivity contribution is -0.384. The van der Waals surface area contributed by atoms with Crippen LogP contribution in [0.5, 0.6) is 0 Å². The molecule has 2 rings (SSSR count). The quantitative estimate of drug-likeness (QED) is 0.494. The van der Waals surface area contributed by atoms with Gasteiger partial charge < -0.3 is 0 Å². The molecule has 1 fully saturated rings. The molecule has 1 aliphatic carbocycles. The van der Waals surface area contributed by atoms with Crippen molar-refractivity contribution in [2.24, 2.45) is 5.41 Å². The maximum absolute atomic E-state index is 11.8. The van der Waals surface area contributed by atoms with Crippen molar-refractivity contribution in [2.75, 3.05) is 0 Å². The largest absolute Gasteiger partial charge is 0.273 e. The van der Waals surface area contributed by atoms with Gasteiger partial charge in [0.25, 0.3) is 11.6 Å². The van der Waals surface area contributed by atoms with E-state index in [2.05, 4.69) is 26.8 Å². The molecule has 0 aromatic heterocycles. The molecule has 8 heteroatoms. The molecular weight excluding hydrogens is 330 g/mol. The molecule has 1 aromatic carbocycles. The summed E-state index contributed by atoms with van der Waals surface area (Å²) in [6.07, 6.45) is 0.700. The number of hydrogen-bond donors (Lipinski definition) is 2. The summed E-state index contributed by atoms with van der Waals surface area (Å²) in [6, 6.07) is 5.27. The van der Waals surface area contributed by atoms with E-state index >= 15 is 0 Å². The van der Waals surface area contributed by atoms with Crippen LogP contribution in [0.25, 0.3) is 0 Å². The normalized spacial score (nSPS) is 23.8. The average molecular weight is 342 g/mol. The Morgan fingerprint density at radius 3 is 2.65 bits per heavy atom. The number of rotatable bonds is 3. The minimum atomic E-state index is -0.600. The summed E-state index contributed by atoms with van der Waals surface area (Å²) in [5.41, 5.74) is 3.98. The van der Waals surface area contributed by atoms with Crippen LogP contribution >= 0.6 is 15.9 Å². The van der Waals surface area contributed by atoms with Crippen LogP contribution in [0.4, 0.5) is 5.69 Å². The van der Waals surface area contributed by atoms with Gasteiger partial charge in [0.15, 0.2) is 0 Å². The molecule has 7 nitrogen and oxygen atoms in total. The number of nitro groups is 1. The second-order valence-corrected chi connectivity index (χ2v) is 5.91. The lowest BCUT2D eigenvalue weighted by Gasteiger charge is -2.11. The Morgan fingerprint density at radius 1 is 1.45 bits per heavy atom. The maximum atomic E-state index is 11.8. The first-order valence-electron chi connectivity index (χ1n) is 5.84. The maximum Gasteiger partial charge on any atom is 0.270 e. The SMILES string of the molecule is C[C@@]1(C(=O)NNC(=O)c2cccc([N+](=O)[O-])c2)C[C@@H]1Br. The van der Waals surface area contributed by atoms with E-state index in [4.69, 9.17) is 0 Å². The third-order valence-electron chi connectivity index (χ3n) is 3.26. The van der Waals surface area contributed by atoms with Crippen LogP contribution in [0.2, 0.25) is 0 Å². The molecule has 0 radical (unpaired) electrons. The van der Waals surface area contributed by atoms with Gasteiger partial charge in [0, 0.05) is 22.5 Å². The predicted octanol–water partition coefficient (Wildman–Crippen LogP) is 1.53. The highest BCUT2D eigenvalue weighted by molar-refractivity contribution is 9.09. The van der Waals surface area contributed by atoms with Crippen molar-refractivity contribution < 1.29 is 14.5 Å². The van der Waals surface area contributed by atoms with Crippen molar-refractivity contribution in [1.82, 2.24) is 10.9 Å². The topological polar surface area (TPSA) is 101 Å². The predicted molar refractivity (Wildman–Crippen MR) is 74.1 cm³/mol. The van der Waals surface area contributed by atoms with Crippen LogP contribution < -0.4 is 10.9 Å². The summed E-state index contributed by atoms with van der Waals surface area (Å²) in [6.45, 7) is 1.78. The molecule has 106 valence electrons. The van der Waals surface area contributed by atoms with E-state index < -0.39 is 16.2 Å². The summed E-state index contributed by atoms with van der Waals surface area (Å²) in [5, 5.41) is 10.6. The fourth-order valence-corrected chi connectivity index (χ4v) is 2.52. The molecule has 2 N–H and O–H groups in total. The Labute approximate surface area is 123 Å². The van der Waals surface area contributed by atoms with Crippen molar-refractivity contribution in [3.8, 4) is 0 Å². The molecule has 1 aromatic rings. The zero-order valence-electron chi connectivity index (χ0n) is 10.6. The van der Waals surface area contributed by atoms with Crippen LogP contribution in [0.3, 0.4) is 0 Å². The summed E-state index contributed by atoms with van der Waals surface area (Å²) < 4.78 is 0. The third-order valence-corrected chi connectivity index (χ3v) is 4.60. The second kappa shape index (κ2) is 5.20. The van der Waals surface area contributed by atoms with Crippen LogP contribution in [0.1, 0.15) is 23.7 Å². The van der Waals surface area contributed by atoms with E-state index in [1.54, 1.807) is 6.92 Å². The molecule has 20 heavy (non-hydrogen) atoms. The monoisotopic (exact) mass is 341 g/mol. The summed E-state index contributed by atoms with van der Waals surface area (Å²) in [4.78, 5) is 33.7. The van der Waals surface area contributed by atoms with Gasteiger partial charge in [0.2, 0.25) is 5.91 Å². The Bertz CT molecular complexity index is 592. The van der Waals surface area contributed by atoms with Gasteiger partial charge in [-0.25, -0.2) is 0 Å². The van der Waals surface area contributed by atoms with E-state index in [0.29, 0.717) is 6.42 Å². The third kappa shape index (κ3) is 2.79. The number of nitro benzene ring substituents is 1. The molecule has 0 unspecified atom stereocenters. The van der Waals surface area contributed by atoms with Gasteiger partial charge in [-0.05, 0) is 19.4 Å². The van der Waals surface area contributed by atoms with Crippen molar-refractivity contribution in [2.45, 2.75) is 18.2 Å². The lowest BCUT2D eigenvalue weighted by atomic mass is 10.1. The summed E-state index contributed by atoms with van der Waals surface area (Å²) in [5.74, 6) is -0.893. The highest BCUT2D eigenvalue weighted by Gasteiger charge is 2.54. The standard InChI is InChI=1S/C12H12BrN3O4/c1-12(6-9(12)13)11(18)15-14-10(17)7-3-2-4-8(5-7)16(19)20/h2-5,9H,6H2,1H3,(H,14,17)(H,15,18)/t9-,12+/m0/s1. The highest BCUT2D eigenvalue weighted by Crippen LogP contribution is 2.51. The van der Waals surface area contributed by atoms with E-state index in [-0.39, 0.29) is 22.0 Å². The Balaban J connectivity index is 1.97. The van der Waals surface area contributed by atoms with Crippen molar-refractivity contribution in [3.05, 3.63) is 39.9 Å². The number of hydrogen-bond acceptors (Lipinski definition) is 4. The lowest BCUT2D eigenvalue weighted by Crippen LogP contribution is -2.45. The van der Waals surface area contributed by atoms with Crippen LogP contribution in [-0.2, 0) is 4.79 Å². The number of carbonyl (C=O) groups excluding carboxylic acids is 2. The molecule has 0 heterocycles. The van der Waals surface area contributed by atoms with E-state index in [9.17, 15) is 19.7 Å². The van der Waals surface area contributed by atoms with E-state index in [1.165, 1.54) is 18.2 Å². The second-order valence-electron chi connectivity index (χ2n) is 4.80. The first-order valence-corrected chi connectivity index (χ1v) is 6.75. The van der Waals surface area contributed by atoms with Gasteiger partial charge in [-0.15, -0.1) is 0 Å². The number of amides is 2. The average Bonchev–Trinajstić information content (AvgIpc) is 3.04. The highest BCUT2D eigenvalue weighted by atomic mass is 79.9. The van der Waals surface area contributed by atoms with Crippen molar-refractivity contribution in [3.63, 3.8) is 0 Å². The van der Waals surface area contributed by atoms with Gasteiger partial charge in [-0.1, -0.05) is 22.0 Å². The van der Waals surface area contributed by atoms with Crippen molar-refractivity contribution in [1.29, 1.82) is 0 Å². The zero-order valence-corrected chi connectivity index (χ0v) is 12.1. The van der Waals surface area contributed by atoms with Gasteiger partial charge in [0.1, 0.15) is 0 Å². The summed E-state index contributed by atoms with van der Waals surface area (Å²) in [7, 11) is 0. The first kappa shape index (κ1) is 14.4. The molecule has 2 atom stereocenters. The molecule has 1 aliphatic rings. The number of alkyl halides is 1. The zero-order chi connectivity index (χ0) is 14.9. The van der Waals surface area contributed by atoms with E-state index in [1.807, 2.05) is 0 Å².